The second kappa shape index (κ2) is 4.40. The van der Waals surface area contributed by atoms with Gasteiger partial charge < -0.3 is 16.0 Å². The van der Waals surface area contributed by atoms with Crippen molar-refractivity contribution in [2.24, 2.45) is 0 Å². The zero-order valence-electron chi connectivity index (χ0n) is 9.34. The molecule has 0 radical (unpaired) electrons. The number of rotatable bonds is 4. The van der Waals surface area contributed by atoms with Gasteiger partial charge in [0, 0.05) is 13.1 Å². The maximum Gasteiger partial charge on any atom is 0.280 e. The molecule has 8 nitrogen and oxygen atoms in total. The molecule has 1 heterocycles. The summed E-state index contributed by atoms with van der Waals surface area (Å²) in [5.74, 6) is -0.766. The minimum atomic E-state index is -0.491. The smallest absolute Gasteiger partial charge is 0.280 e. The first-order valence-corrected chi connectivity index (χ1v) is 5.21. The molecule has 0 bridgehead atoms. The third-order valence-electron chi connectivity index (χ3n) is 2.39. The van der Waals surface area contributed by atoms with E-state index in [0.717, 1.165) is 12.8 Å². The highest BCUT2D eigenvalue weighted by Gasteiger charge is 2.26. The summed E-state index contributed by atoms with van der Waals surface area (Å²) in [5.41, 5.74) is 5.31. The number of nitrogens with two attached hydrogens (primary N) is 1. The van der Waals surface area contributed by atoms with Crippen LogP contribution >= 0.6 is 0 Å². The summed E-state index contributed by atoms with van der Waals surface area (Å²) in [4.78, 5) is 24.4. The number of carbonyl (C=O) groups is 2. The van der Waals surface area contributed by atoms with Crippen molar-refractivity contribution in [1.82, 2.24) is 20.5 Å². The Bertz CT molecular complexity index is 440. The van der Waals surface area contributed by atoms with E-state index < -0.39 is 5.91 Å². The van der Waals surface area contributed by atoms with E-state index in [2.05, 4.69) is 20.3 Å². The molecular weight excluding hydrogens is 226 g/mol. The van der Waals surface area contributed by atoms with Gasteiger partial charge in [0.1, 0.15) is 0 Å². The Morgan fingerprint density at radius 2 is 2.24 bits per heavy atom. The van der Waals surface area contributed by atoms with E-state index in [0.29, 0.717) is 0 Å². The number of hydrogen-bond acceptors (Lipinski definition) is 6. The van der Waals surface area contributed by atoms with Crippen molar-refractivity contribution < 1.29 is 14.2 Å². The average Bonchev–Trinajstić information content (AvgIpc) is 2.97. The molecule has 0 aliphatic heterocycles. The van der Waals surface area contributed by atoms with E-state index in [9.17, 15) is 9.59 Å². The van der Waals surface area contributed by atoms with Crippen molar-refractivity contribution >= 4 is 17.6 Å². The lowest BCUT2D eigenvalue weighted by Crippen LogP contribution is -2.39. The van der Waals surface area contributed by atoms with Gasteiger partial charge in [-0.1, -0.05) is 0 Å². The molecule has 92 valence electrons. The van der Waals surface area contributed by atoms with Crippen molar-refractivity contribution in [3.05, 3.63) is 5.69 Å². The van der Waals surface area contributed by atoms with Crippen LogP contribution in [-0.4, -0.2) is 46.7 Å². The fourth-order valence-corrected chi connectivity index (χ4v) is 1.31. The summed E-state index contributed by atoms with van der Waals surface area (Å²) in [7, 11) is 1.49. The van der Waals surface area contributed by atoms with E-state index in [1.807, 2.05) is 0 Å². The van der Waals surface area contributed by atoms with E-state index in [-0.39, 0.29) is 30.0 Å². The van der Waals surface area contributed by atoms with Crippen molar-refractivity contribution in [3.8, 4) is 0 Å². The van der Waals surface area contributed by atoms with Crippen LogP contribution in [0.5, 0.6) is 0 Å². The lowest BCUT2D eigenvalue weighted by molar-refractivity contribution is -0.121. The fraction of sp³-hybridized carbons (Fsp3) is 0.556. The minimum Gasteiger partial charge on any atom is -0.379 e. The van der Waals surface area contributed by atoms with Crippen molar-refractivity contribution in [3.63, 3.8) is 0 Å². The molecule has 1 aliphatic carbocycles. The van der Waals surface area contributed by atoms with Crippen LogP contribution in [0.25, 0.3) is 0 Å². The van der Waals surface area contributed by atoms with E-state index in [1.165, 1.54) is 11.9 Å². The van der Waals surface area contributed by atoms with Gasteiger partial charge in [-0.2, -0.15) is 0 Å². The van der Waals surface area contributed by atoms with Gasteiger partial charge in [-0.15, -0.1) is 0 Å². The van der Waals surface area contributed by atoms with Crippen molar-refractivity contribution in [2.75, 3.05) is 19.3 Å². The van der Waals surface area contributed by atoms with Gasteiger partial charge in [0.15, 0.2) is 0 Å². The van der Waals surface area contributed by atoms with Crippen LogP contribution in [0.4, 0.5) is 5.82 Å². The minimum absolute atomic E-state index is 0.0400. The third kappa shape index (κ3) is 2.71. The second-order valence-electron chi connectivity index (χ2n) is 4.00. The SMILES string of the molecule is CN(CC(=O)NC1CC1)C(=O)c1nonc1N. The molecule has 0 atom stereocenters. The number of likely N-dealkylation sites (N-methyl/N-ethyl adjacent to an activating group) is 1. The number of hydrogen-bond donors (Lipinski definition) is 2. The Hall–Kier alpha value is -2.12. The van der Waals surface area contributed by atoms with Crippen LogP contribution in [0.3, 0.4) is 0 Å². The van der Waals surface area contributed by atoms with Gasteiger partial charge in [-0.3, -0.25) is 9.59 Å². The number of anilines is 1. The van der Waals surface area contributed by atoms with E-state index in [4.69, 9.17) is 5.73 Å². The molecule has 0 saturated heterocycles. The Morgan fingerprint density at radius 1 is 1.53 bits per heavy atom. The molecule has 1 fully saturated rings. The summed E-state index contributed by atoms with van der Waals surface area (Å²) in [5, 5.41) is 9.46. The number of nitrogen functional groups attached to an aromatic ring is 1. The van der Waals surface area contributed by atoms with Crippen LogP contribution in [0.15, 0.2) is 4.63 Å². The Kier molecular flexibility index (Phi) is 2.94. The zero-order valence-corrected chi connectivity index (χ0v) is 9.34. The molecular formula is C9H13N5O3. The average molecular weight is 239 g/mol. The van der Waals surface area contributed by atoms with E-state index >= 15 is 0 Å². The van der Waals surface area contributed by atoms with Crippen LogP contribution in [0.1, 0.15) is 23.3 Å². The summed E-state index contributed by atoms with van der Waals surface area (Å²) in [6.45, 7) is -0.0400. The molecule has 1 saturated carbocycles. The number of nitrogens with zero attached hydrogens (tertiary/aromatic N) is 3. The molecule has 2 amide bonds. The highest BCUT2D eigenvalue weighted by Crippen LogP contribution is 2.18. The topological polar surface area (TPSA) is 114 Å². The Morgan fingerprint density at radius 3 is 2.76 bits per heavy atom. The van der Waals surface area contributed by atoms with Crippen LogP contribution in [0.2, 0.25) is 0 Å². The highest BCUT2D eigenvalue weighted by molar-refractivity contribution is 5.97. The molecule has 2 rings (SSSR count). The van der Waals surface area contributed by atoms with Crippen molar-refractivity contribution in [2.45, 2.75) is 18.9 Å². The lowest BCUT2D eigenvalue weighted by atomic mass is 10.3. The quantitative estimate of drug-likeness (QED) is 0.696. The lowest BCUT2D eigenvalue weighted by Gasteiger charge is -2.14. The summed E-state index contributed by atoms with van der Waals surface area (Å²) >= 11 is 0. The first kappa shape index (κ1) is 11.4. The molecule has 0 unspecified atom stereocenters. The molecule has 8 heteroatoms. The first-order chi connectivity index (χ1) is 8.08. The van der Waals surface area contributed by atoms with Gasteiger partial charge in [-0.25, -0.2) is 4.63 Å². The third-order valence-corrected chi connectivity index (χ3v) is 2.39. The molecule has 17 heavy (non-hydrogen) atoms. The molecule has 0 aromatic carbocycles. The maximum atomic E-state index is 11.8. The molecule has 1 aromatic rings. The highest BCUT2D eigenvalue weighted by atomic mass is 16.6. The molecule has 1 aromatic heterocycles. The summed E-state index contributed by atoms with van der Waals surface area (Å²) in [6.07, 6.45) is 2.01. The van der Waals surface area contributed by atoms with E-state index in [1.54, 1.807) is 0 Å². The number of carbonyl (C=O) groups excluding carboxylic acids is 2. The van der Waals surface area contributed by atoms with Gasteiger partial charge in [0.2, 0.25) is 17.4 Å². The normalized spacial score (nSPS) is 14.4. The van der Waals surface area contributed by atoms with Crippen molar-refractivity contribution in [1.29, 1.82) is 0 Å². The molecule has 3 N–H and O–H groups in total. The number of amides is 2. The summed E-state index contributed by atoms with van der Waals surface area (Å²) < 4.78 is 4.32. The van der Waals surface area contributed by atoms with Gasteiger partial charge >= 0.3 is 0 Å². The summed E-state index contributed by atoms with van der Waals surface area (Å²) in [6, 6.07) is 0.268. The van der Waals surface area contributed by atoms with Gasteiger partial charge in [-0.05, 0) is 23.2 Å². The first-order valence-electron chi connectivity index (χ1n) is 5.21. The zero-order chi connectivity index (χ0) is 12.4. The second-order valence-corrected chi connectivity index (χ2v) is 4.00. The molecule has 0 spiro atoms. The number of aromatic nitrogens is 2. The fourth-order valence-electron chi connectivity index (χ4n) is 1.31. The van der Waals surface area contributed by atoms with Gasteiger partial charge in [0.25, 0.3) is 5.91 Å². The monoisotopic (exact) mass is 239 g/mol. The largest absolute Gasteiger partial charge is 0.379 e. The van der Waals surface area contributed by atoms with Gasteiger partial charge in [0.05, 0.1) is 6.54 Å². The van der Waals surface area contributed by atoms with Crippen LogP contribution < -0.4 is 11.1 Å². The van der Waals surface area contributed by atoms with Crippen LogP contribution in [-0.2, 0) is 4.79 Å². The predicted molar refractivity (Wildman–Crippen MR) is 56.8 cm³/mol. The van der Waals surface area contributed by atoms with Crippen LogP contribution in [0, 0.1) is 0 Å². The maximum absolute atomic E-state index is 11.8. The predicted octanol–water partition coefficient (Wildman–Crippen LogP) is -0.998. The Balaban J connectivity index is 1.90. The Labute approximate surface area is 97.1 Å². The molecule has 1 aliphatic rings. The standard InChI is InChI=1S/C9H13N5O3/c1-14(4-6(15)11-5-2-3-5)9(16)7-8(10)13-17-12-7/h5H,2-4H2,1H3,(H2,10,13)(H,11,15). The number of nitrogens with one attached hydrogen (secondary N) is 1.